The predicted octanol–water partition coefficient (Wildman–Crippen LogP) is -4.49. The van der Waals surface area contributed by atoms with Gasteiger partial charge in [0.1, 0.15) is 0 Å². The first-order valence-electron chi connectivity index (χ1n) is 3.59. The van der Waals surface area contributed by atoms with Crippen LogP contribution in [0.25, 0.3) is 0 Å². The van der Waals surface area contributed by atoms with E-state index in [1.807, 2.05) is 0 Å². The molecule has 0 heterocycles. The van der Waals surface area contributed by atoms with E-state index in [1.165, 1.54) is 0 Å². The number of carbonyl (C=O) groups excluding carboxylic acids is 1. The Morgan fingerprint density at radius 1 is 2.25 bits per heavy atom. The summed E-state index contributed by atoms with van der Waals surface area (Å²) in [6.45, 7) is -3.02. The zero-order valence-corrected chi connectivity index (χ0v) is 6.47. The van der Waals surface area contributed by atoms with E-state index in [2.05, 4.69) is 0 Å². The van der Waals surface area contributed by atoms with E-state index in [4.69, 9.17) is 10.6 Å². The van der Waals surface area contributed by atoms with E-state index in [0.717, 1.165) is 0 Å². The van der Waals surface area contributed by atoms with Crippen molar-refractivity contribution in [1.82, 2.24) is 0 Å². The molecule has 3 nitrogen and oxygen atoms in total. The van der Waals surface area contributed by atoms with Crippen molar-refractivity contribution >= 4 is 5.97 Å². The van der Waals surface area contributed by atoms with Crippen molar-refractivity contribution in [3.05, 3.63) is 0 Å². The van der Waals surface area contributed by atoms with Crippen LogP contribution in [0.4, 0.5) is 0 Å². The molecule has 0 aromatic carbocycles. The maximum atomic E-state index is 9.82. The number of carboxylic acid groups (broad SMARTS) is 1. The fourth-order valence-electron chi connectivity index (χ4n) is 0.137. The molecule has 1 atom stereocenters. The molecule has 0 unspecified atom stereocenters. The van der Waals surface area contributed by atoms with E-state index in [9.17, 15) is 9.90 Å². The van der Waals surface area contributed by atoms with Gasteiger partial charge in [-0.3, -0.25) is 0 Å². The second kappa shape index (κ2) is 5.56. The summed E-state index contributed by atoms with van der Waals surface area (Å²) in [5, 5.41) is 18.5. The van der Waals surface area contributed by atoms with Crippen molar-refractivity contribution in [2.24, 2.45) is 0 Å². The number of aliphatic hydroxyl groups is 1. The predicted molar refractivity (Wildman–Crippen MR) is 21.3 cm³/mol. The molecule has 0 amide bonds. The van der Waals surface area contributed by atoms with Crippen LogP contribution in [0.15, 0.2) is 0 Å². The normalized spacial score (nSPS) is 24.6. The Hall–Kier alpha value is 0.430. The monoisotopic (exact) mass is 130 g/mol. The molecule has 0 aliphatic heterocycles. The summed E-state index contributed by atoms with van der Waals surface area (Å²) in [5.74, 6) is -1.77. The number of carbonyl (C=O) groups is 1. The maximum absolute atomic E-state index is 9.82. The van der Waals surface area contributed by atoms with Crippen LogP contribution in [-0.4, -0.2) is 17.2 Å². The van der Waals surface area contributed by atoms with Gasteiger partial charge in [0.15, 0.2) is 0 Å². The molecule has 0 aromatic heterocycles. The number of aliphatic carboxylic acids is 1. The van der Waals surface area contributed by atoms with Crippen molar-refractivity contribution in [3.8, 4) is 0 Å². The van der Waals surface area contributed by atoms with Gasteiger partial charge in [-0.25, -0.2) is 0 Å². The number of hydrogen-bond acceptors (Lipinski definition) is 3. The Labute approximate surface area is 75.6 Å². The van der Waals surface area contributed by atoms with Crippen molar-refractivity contribution in [2.75, 3.05) is 0 Å². The topological polar surface area (TPSA) is 60.4 Å². The van der Waals surface area contributed by atoms with E-state index in [1.54, 1.807) is 0 Å². The fraction of sp³-hybridized carbons (Fsp3) is 0.750. The molecule has 8 heavy (non-hydrogen) atoms. The van der Waals surface area contributed by atoms with Gasteiger partial charge >= 0.3 is 29.6 Å². The van der Waals surface area contributed by atoms with Crippen LogP contribution in [0.5, 0.6) is 0 Å². The van der Waals surface area contributed by atoms with Crippen LogP contribution < -0.4 is 34.7 Å². The Bertz CT molecular complexity index is 166. The second-order valence-electron chi connectivity index (χ2n) is 0.995. The Kier molecular flexibility index (Phi) is 2.98. The van der Waals surface area contributed by atoms with Gasteiger partial charge in [0, 0.05) is 16.5 Å². The Morgan fingerprint density at radius 2 is 2.75 bits per heavy atom. The van der Waals surface area contributed by atoms with Crippen LogP contribution in [-0.2, 0) is 4.79 Å². The summed E-state index contributed by atoms with van der Waals surface area (Å²) >= 11 is 0. The molecule has 0 saturated carbocycles. The molecule has 0 rings (SSSR count). The third-order valence-electron chi connectivity index (χ3n) is 0.312. The van der Waals surface area contributed by atoms with E-state index >= 15 is 0 Å². The third kappa shape index (κ3) is 9.66. The summed E-state index contributed by atoms with van der Waals surface area (Å²) in [6.07, 6.45) is -4.17. The average Bonchev–Trinajstić information content (AvgIpc) is 1.56. The van der Waals surface area contributed by atoms with Crippen molar-refractivity contribution in [3.63, 3.8) is 0 Å². The van der Waals surface area contributed by atoms with Crippen molar-refractivity contribution in [2.45, 2.75) is 19.4 Å². The molecule has 0 aliphatic carbocycles. The largest absolute Gasteiger partial charge is 1.00 e. The molecule has 42 valence electrons. The summed E-state index contributed by atoms with van der Waals surface area (Å²) in [6, 6.07) is 0. The molecule has 0 bridgehead atoms. The van der Waals surface area contributed by atoms with Gasteiger partial charge in [-0.15, -0.1) is 0 Å². The first-order chi connectivity index (χ1) is 4.67. The van der Waals surface area contributed by atoms with Crippen molar-refractivity contribution < 1.29 is 50.0 Å². The first-order valence-corrected chi connectivity index (χ1v) is 1.59. The molecular weight excluding hydrogens is 119 g/mol. The van der Waals surface area contributed by atoms with E-state index in [0.29, 0.717) is 0 Å². The minimum atomic E-state index is -3.02. The van der Waals surface area contributed by atoms with Gasteiger partial charge < -0.3 is 15.0 Å². The zero-order chi connectivity index (χ0) is 9.28. The molecule has 0 fully saturated rings. The van der Waals surface area contributed by atoms with Gasteiger partial charge in [-0.05, 0) is 6.85 Å². The molecule has 0 aromatic rings. The van der Waals surface area contributed by atoms with Crippen LogP contribution in [0, 0.1) is 0 Å². The molecule has 4 heteroatoms. The van der Waals surface area contributed by atoms with Gasteiger partial charge in [-0.2, -0.15) is 0 Å². The van der Waals surface area contributed by atoms with E-state index in [-0.39, 0.29) is 29.6 Å². The summed E-state index contributed by atoms with van der Waals surface area (Å²) in [5.41, 5.74) is 0. The van der Waals surface area contributed by atoms with Crippen LogP contribution >= 0.6 is 0 Å². The molecule has 0 saturated heterocycles. The second-order valence-corrected chi connectivity index (χ2v) is 0.995. The van der Waals surface area contributed by atoms with Gasteiger partial charge in [0.25, 0.3) is 0 Å². The zero-order valence-electron chi connectivity index (χ0n) is 8.47. The van der Waals surface area contributed by atoms with Crippen LogP contribution in [0.1, 0.15) is 18.8 Å². The third-order valence-corrected chi connectivity index (χ3v) is 0.312. The number of hydrogen-bond donors (Lipinski definition) is 1. The van der Waals surface area contributed by atoms with Gasteiger partial charge in [0.2, 0.25) is 0 Å². The summed E-state index contributed by atoms with van der Waals surface area (Å²) < 4.78 is 26.3. The SMILES string of the molecule is [2H]C([2H])([2H])[C@@]([2H])(O)CC(=O)[O-].[Na+]. The van der Waals surface area contributed by atoms with Crippen LogP contribution in [0.2, 0.25) is 0 Å². The van der Waals surface area contributed by atoms with E-state index < -0.39 is 25.3 Å². The van der Waals surface area contributed by atoms with Crippen LogP contribution in [0.3, 0.4) is 0 Å². The molecule has 0 aliphatic rings. The standard InChI is InChI=1S/C4H8O3.Na/c1-3(5)2-4(6)7;/h3,5H,2H2,1H3,(H,6,7);/q;+1/p-1/t3-;/m1./s1/i1D3,3D;. The Morgan fingerprint density at radius 3 is 2.88 bits per heavy atom. The van der Waals surface area contributed by atoms with Gasteiger partial charge in [-0.1, -0.05) is 0 Å². The summed E-state index contributed by atoms with van der Waals surface area (Å²) in [4.78, 5) is 9.82. The quantitative estimate of drug-likeness (QED) is 0.383. The minimum absolute atomic E-state index is 0. The fourth-order valence-corrected chi connectivity index (χ4v) is 0.137. The summed E-state index contributed by atoms with van der Waals surface area (Å²) in [7, 11) is 0. The number of carboxylic acids is 1. The molecule has 0 spiro atoms. The van der Waals surface area contributed by atoms with Gasteiger partial charge in [0.05, 0.1) is 7.45 Å². The maximum Gasteiger partial charge on any atom is 1.00 e. The van der Waals surface area contributed by atoms with Crippen molar-refractivity contribution in [1.29, 1.82) is 0 Å². The smallest absolute Gasteiger partial charge is 0.550 e. The number of rotatable bonds is 2. The average molecular weight is 130 g/mol. The minimum Gasteiger partial charge on any atom is -0.550 e. The first kappa shape index (κ1) is 4.28. The Balaban J connectivity index is 0. The molecular formula is C4H7NaO3. The molecule has 1 N–H and O–H groups in total. The molecule has 0 radical (unpaired) electrons.